The van der Waals surface area contributed by atoms with E-state index >= 15 is 0 Å². The van der Waals surface area contributed by atoms with E-state index in [-0.39, 0.29) is 22.3 Å². The van der Waals surface area contributed by atoms with Crippen LogP contribution in [-0.4, -0.2) is 20.9 Å². The molecule has 0 bridgehead atoms. The standard InChI is InChI=1S/C10H7N3O4S/c14-7-4-2-1-3-6(7)9(15)12-10-11-8(5-18-10)13(16)17/h1-5,14H,(H,11,12,15). The van der Waals surface area contributed by atoms with Crippen molar-refractivity contribution < 1.29 is 14.8 Å². The first-order valence-electron chi connectivity index (χ1n) is 4.77. The van der Waals surface area contributed by atoms with Gasteiger partial charge >= 0.3 is 10.9 Å². The van der Waals surface area contributed by atoms with Crippen molar-refractivity contribution in [3.63, 3.8) is 0 Å². The highest BCUT2D eigenvalue weighted by Crippen LogP contribution is 2.23. The molecule has 0 aliphatic rings. The molecule has 0 saturated carbocycles. The number of rotatable bonds is 3. The molecule has 0 unspecified atom stereocenters. The maximum atomic E-state index is 11.7. The Morgan fingerprint density at radius 2 is 2.17 bits per heavy atom. The van der Waals surface area contributed by atoms with Crippen LogP contribution in [0, 0.1) is 10.1 Å². The Kier molecular flexibility index (Phi) is 3.20. The maximum absolute atomic E-state index is 11.7. The van der Waals surface area contributed by atoms with Gasteiger partial charge in [-0.05, 0) is 22.0 Å². The number of para-hydroxylation sites is 1. The van der Waals surface area contributed by atoms with E-state index in [2.05, 4.69) is 10.3 Å². The predicted molar refractivity (Wildman–Crippen MR) is 64.8 cm³/mol. The van der Waals surface area contributed by atoms with Crippen LogP contribution in [0.15, 0.2) is 29.6 Å². The SMILES string of the molecule is O=C(Nc1nc([N+](=O)[O-])cs1)c1ccccc1O. The fourth-order valence-electron chi connectivity index (χ4n) is 1.24. The van der Waals surface area contributed by atoms with E-state index in [9.17, 15) is 20.0 Å². The number of carbonyl (C=O) groups is 1. The van der Waals surface area contributed by atoms with E-state index in [0.717, 1.165) is 11.3 Å². The van der Waals surface area contributed by atoms with Crippen molar-refractivity contribution in [1.29, 1.82) is 0 Å². The van der Waals surface area contributed by atoms with Gasteiger partial charge in [-0.15, -0.1) is 0 Å². The molecule has 0 aliphatic carbocycles. The minimum Gasteiger partial charge on any atom is -0.507 e. The van der Waals surface area contributed by atoms with Gasteiger partial charge in [-0.3, -0.25) is 10.1 Å². The molecule has 1 amide bonds. The van der Waals surface area contributed by atoms with Gasteiger partial charge in [0, 0.05) is 0 Å². The Bertz CT molecular complexity index is 611. The Balaban J connectivity index is 2.16. The summed E-state index contributed by atoms with van der Waals surface area (Å²) < 4.78 is 0. The third-order valence-corrected chi connectivity index (χ3v) is 2.79. The summed E-state index contributed by atoms with van der Waals surface area (Å²) in [4.78, 5) is 25.1. The van der Waals surface area contributed by atoms with E-state index in [0.29, 0.717) is 0 Å². The number of aromatic hydroxyl groups is 1. The van der Waals surface area contributed by atoms with Gasteiger partial charge in [0.25, 0.3) is 5.91 Å². The molecule has 0 saturated heterocycles. The van der Waals surface area contributed by atoms with Crippen molar-refractivity contribution in [2.45, 2.75) is 0 Å². The molecule has 1 aromatic carbocycles. The van der Waals surface area contributed by atoms with Crippen LogP contribution in [-0.2, 0) is 0 Å². The fourth-order valence-corrected chi connectivity index (χ4v) is 1.89. The highest BCUT2D eigenvalue weighted by atomic mass is 32.1. The highest BCUT2D eigenvalue weighted by molar-refractivity contribution is 7.14. The highest BCUT2D eigenvalue weighted by Gasteiger charge is 2.18. The second-order valence-electron chi connectivity index (χ2n) is 3.24. The van der Waals surface area contributed by atoms with Gasteiger partial charge in [-0.1, -0.05) is 23.5 Å². The van der Waals surface area contributed by atoms with Crippen LogP contribution in [0.5, 0.6) is 5.75 Å². The molecule has 2 rings (SSSR count). The first-order valence-corrected chi connectivity index (χ1v) is 5.65. The lowest BCUT2D eigenvalue weighted by Gasteiger charge is -2.01. The van der Waals surface area contributed by atoms with E-state index < -0.39 is 10.8 Å². The van der Waals surface area contributed by atoms with Crippen molar-refractivity contribution >= 4 is 28.2 Å². The molecule has 0 fully saturated rings. The number of phenolic OH excluding ortho intramolecular Hbond substituents is 1. The van der Waals surface area contributed by atoms with E-state index in [1.807, 2.05) is 0 Å². The first kappa shape index (κ1) is 12.0. The van der Waals surface area contributed by atoms with Crippen LogP contribution in [0.2, 0.25) is 0 Å². The molecular weight excluding hydrogens is 258 g/mol. The second kappa shape index (κ2) is 4.80. The van der Waals surface area contributed by atoms with Crippen LogP contribution < -0.4 is 5.32 Å². The van der Waals surface area contributed by atoms with Gasteiger partial charge in [-0.2, -0.15) is 0 Å². The summed E-state index contributed by atoms with van der Waals surface area (Å²) in [5.74, 6) is -1.06. The molecule has 0 atom stereocenters. The lowest BCUT2D eigenvalue weighted by Crippen LogP contribution is -2.11. The number of hydrogen-bond donors (Lipinski definition) is 2. The van der Waals surface area contributed by atoms with Crippen molar-refractivity contribution in [2.24, 2.45) is 0 Å². The van der Waals surface area contributed by atoms with E-state index in [1.54, 1.807) is 12.1 Å². The maximum Gasteiger partial charge on any atom is 0.376 e. The summed E-state index contributed by atoms with van der Waals surface area (Å²) in [5.41, 5.74) is 0.0790. The predicted octanol–water partition coefficient (Wildman–Crippen LogP) is 2.01. The summed E-state index contributed by atoms with van der Waals surface area (Å²) in [5, 5.41) is 23.6. The first-order chi connectivity index (χ1) is 8.58. The van der Waals surface area contributed by atoms with Crippen molar-refractivity contribution in [1.82, 2.24) is 4.98 Å². The summed E-state index contributed by atoms with van der Waals surface area (Å²) in [6, 6.07) is 5.99. The van der Waals surface area contributed by atoms with Gasteiger partial charge < -0.3 is 15.2 Å². The number of benzene rings is 1. The number of nitrogens with one attached hydrogen (secondary N) is 1. The Labute approximate surface area is 105 Å². The molecule has 92 valence electrons. The van der Waals surface area contributed by atoms with Gasteiger partial charge in [0.2, 0.25) is 0 Å². The van der Waals surface area contributed by atoms with Crippen LogP contribution in [0.3, 0.4) is 0 Å². The van der Waals surface area contributed by atoms with Gasteiger partial charge in [0.1, 0.15) is 5.75 Å². The van der Waals surface area contributed by atoms with Gasteiger partial charge in [-0.25, -0.2) is 0 Å². The van der Waals surface area contributed by atoms with Crippen molar-refractivity contribution in [2.75, 3.05) is 5.32 Å². The molecule has 1 heterocycles. The minimum atomic E-state index is -0.647. The quantitative estimate of drug-likeness (QED) is 0.652. The number of thiazole rings is 1. The monoisotopic (exact) mass is 265 g/mol. The molecule has 0 aliphatic heterocycles. The van der Waals surface area contributed by atoms with Crippen molar-refractivity contribution in [3.8, 4) is 5.75 Å². The summed E-state index contributed by atoms with van der Waals surface area (Å²) in [7, 11) is 0. The van der Waals surface area contributed by atoms with Crippen LogP contribution in [0.25, 0.3) is 0 Å². The number of phenols is 1. The van der Waals surface area contributed by atoms with Gasteiger partial charge in [0.05, 0.1) is 10.9 Å². The van der Waals surface area contributed by atoms with E-state index in [1.165, 1.54) is 17.5 Å². The summed E-state index contributed by atoms with van der Waals surface area (Å²) in [6.45, 7) is 0. The van der Waals surface area contributed by atoms with E-state index in [4.69, 9.17) is 0 Å². The topological polar surface area (TPSA) is 105 Å². The molecule has 7 nitrogen and oxygen atoms in total. The molecule has 8 heteroatoms. The average molecular weight is 265 g/mol. The number of anilines is 1. The minimum absolute atomic E-state index is 0.0790. The molecule has 1 aromatic heterocycles. The number of hydrogen-bond acceptors (Lipinski definition) is 6. The smallest absolute Gasteiger partial charge is 0.376 e. The Morgan fingerprint density at radius 1 is 1.44 bits per heavy atom. The fraction of sp³-hybridized carbons (Fsp3) is 0. The number of nitrogens with zero attached hydrogens (tertiary/aromatic N) is 2. The number of aromatic nitrogens is 1. The zero-order valence-corrected chi connectivity index (χ0v) is 9.68. The molecule has 0 spiro atoms. The number of nitro groups is 1. The average Bonchev–Trinajstić information content (AvgIpc) is 2.78. The molecule has 18 heavy (non-hydrogen) atoms. The summed E-state index contributed by atoms with van der Waals surface area (Å²) >= 11 is 0.940. The van der Waals surface area contributed by atoms with Crippen LogP contribution >= 0.6 is 11.3 Å². The summed E-state index contributed by atoms with van der Waals surface area (Å²) in [6.07, 6.45) is 0. The Hall–Kier alpha value is -2.48. The lowest BCUT2D eigenvalue weighted by molar-refractivity contribution is -0.389. The van der Waals surface area contributed by atoms with Crippen LogP contribution in [0.4, 0.5) is 10.9 Å². The van der Waals surface area contributed by atoms with Gasteiger partial charge in [0.15, 0.2) is 0 Å². The molecule has 0 radical (unpaired) electrons. The number of carbonyl (C=O) groups excluding carboxylic acids is 1. The largest absolute Gasteiger partial charge is 0.507 e. The molecule has 2 N–H and O–H groups in total. The Morgan fingerprint density at radius 3 is 2.78 bits per heavy atom. The zero-order chi connectivity index (χ0) is 13.1. The normalized spacial score (nSPS) is 10.0. The number of amides is 1. The van der Waals surface area contributed by atoms with Crippen molar-refractivity contribution in [3.05, 3.63) is 45.3 Å². The third-order valence-electron chi connectivity index (χ3n) is 2.05. The third kappa shape index (κ3) is 2.43. The molecule has 2 aromatic rings. The van der Waals surface area contributed by atoms with Crippen LogP contribution in [0.1, 0.15) is 10.4 Å². The zero-order valence-electron chi connectivity index (χ0n) is 8.86. The molecular formula is C10H7N3O4S. The second-order valence-corrected chi connectivity index (χ2v) is 4.10. The lowest BCUT2D eigenvalue weighted by atomic mass is 10.2.